The molecule has 0 unspecified atom stereocenters. The van der Waals surface area contributed by atoms with Crippen LogP contribution in [-0.4, -0.2) is 23.4 Å². The second kappa shape index (κ2) is 7.56. The number of unbranched alkanes of at least 4 members (excludes halogenated alkanes) is 2. The first kappa shape index (κ1) is 14.3. The molecule has 0 spiro atoms. The number of nitrogens with one attached hydrogen (secondary N) is 1. The van der Waals surface area contributed by atoms with E-state index in [0.29, 0.717) is 22.5 Å². The largest absolute Gasteiger partial charge is 0.507 e. The number of alkyl halides is 1. The average Bonchev–Trinajstić information content (AvgIpc) is 2.32. The second-order valence-electron chi connectivity index (χ2n) is 3.67. The van der Waals surface area contributed by atoms with E-state index in [1.165, 1.54) is 6.07 Å². The Bertz CT molecular complexity index is 385. The van der Waals surface area contributed by atoms with Gasteiger partial charge in [0, 0.05) is 18.0 Å². The fourth-order valence-electron chi connectivity index (χ4n) is 1.35. The van der Waals surface area contributed by atoms with Crippen molar-refractivity contribution in [1.29, 1.82) is 0 Å². The van der Waals surface area contributed by atoms with Gasteiger partial charge in [-0.05, 0) is 47.0 Å². The van der Waals surface area contributed by atoms with Crippen LogP contribution in [0.2, 0.25) is 0 Å². The first-order valence-electron chi connectivity index (χ1n) is 5.48. The molecule has 17 heavy (non-hydrogen) atoms. The van der Waals surface area contributed by atoms with Gasteiger partial charge in [-0.1, -0.05) is 6.42 Å². The standard InChI is InChI=1S/C12H15BrClNO2/c13-10-5-4-9(8-11(10)16)12(17)15-7-3-1-2-6-14/h4-5,8,16H,1-3,6-7H2,(H,15,17). The Morgan fingerprint density at radius 2 is 2.12 bits per heavy atom. The lowest BCUT2D eigenvalue weighted by molar-refractivity contribution is 0.0952. The molecule has 0 aliphatic heterocycles. The number of hydrogen-bond donors (Lipinski definition) is 2. The average molecular weight is 321 g/mol. The summed E-state index contributed by atoms with van der Waals surface area (Å²) in [6, 6.07) is 4.76. The molecule has 0 aliphatic carbocycles. The second-order valence-corrected chi connectivity index (χ2v) is 4.90. The summed E-state index contributed by atoms with van der Waals surface area (Å²) in [7, 11) is 0. The van der Waals surface area contributed by atoms with Gasteiger partial charge in [0.1, 0.15) is 5.75 Å². The molecule has 0 saturated heterocycles. The van der Waals surface area contributed by atoms with E-state index < -0.39 is 0 Å². The van der Waals surface area contributed by atoms with Gasteiger partial charge in [0.2, 0.25) is 0 Å². The van der Waals surface area contributed by atoms with E-state index in [2.05, 4.69) is 21.2 Å². The minimum atomic E-state index is -0.168. The van der Waals surface area contributed by atoms with Gasteiger partial charge in [-0.2, -0.15) is 0 Å². The smallest absolute Gasteiger partial charge is 0.251 e. The van der Waals surface area contributed by atoms with Crippen molar-refractivity contribution in [2.75, 3.05) is 12.4 Å². The van der Waals surface area contributed by atoms with Crippen LogP contribution in [0.1, 0.15) is 29.6 Å². The Hall–Kier alpha value is -0.740. The molecule has 94 valence electrons. The molecule has 0 heterocycles. The van der Waals surface area contributed by atoms with Crippen LogP contribution in [0.15, 0.2) is 22.7 Å². The van der Waals surface area contributed by atoms with Crippen LogP contribution in [0, 0.1) is 0 Å². The highest BCUT2D eigenvalue weighted by molar-refractivity contribution is 9.10. The number of rotatable bonds is 6. The van der Waals surface area contributed by atoms with Crippen molar-refractivity contribution in [3.05, 3.63) is 28.2 Å². The summed E-state index contributed by atoms with van der Waals surface area (Å²) in [4.78, 5) is 11.7. The van der Waals surface area contributed by atoms with Crippen LogP contribution in [0.3, 0.4) is 0 Å². The number of phenolic OH excluding ortho intramolecular Hbond substituents is 1. The van der Waals surface area contributed by atoms with Gasteiger partial charge in [-0.3, -0.25) is 4.79 Å². The summed E-state index contributed by atoms with van der Waals surface area (Å²) < 4.78 is 0.580. The van der Waals surface area contributed by atoms with Gasteiger partial charge < -0.3 is 10.4 Å². The van der Waals surface area contributed by atoms with E-state index in [0.717, 1.165) is 19.3 Å². The molecule has 0 aromatic heterocycles. The van der Waals surface area contributed by atoms with Crippen molar-refractivity contribution >= 4 is 33.4 Å². The van der Waals surface area contributed by atoms with Crippen LogP contribution in [0.4, 0.5) is 0 Å². The van der Waals surface area contributed by atoms with Gasteiger partial charge in [-0.25, -0.2) is 0 Å². The molecule has 0 radical (unpaired) electrons. The van der Waals surface area contributed by atoms with E-state index in [9.17, 15) is 9.90 Å². The van der Waals surface area contributed by atoms with Crippen LogP contribution >= 0.6 is 27.5 Å². The third kappa shape index (κ3) is 4.96. The van der Waals surface area contributed by atoms with Crippen molar-refractivity contribution in [3.8, 4) is 5.75 Å². The molecular formula is C12H15BrClNO2. The molecular weight excluding hydrogens is 305 g/mol. The predicted molar refractivity (Wildman–Crippen MR) is 72.7 cm³/mol. The first-order chi connectivity index (χ1) is 8.15. The Labute approximate surface area is 114 Å². The molecule has 2 N–H and O–H groups in total. The maximum absolute atomic E-state index is 11.7. The highest BCUT2D eigenvalue weighted by atomic mass is 79.9. The Morgan fingerprint density at radius 1 is 1.35 bits per heavy atom. The van der Waals surface area contributed by atoms with Crippen molar-refractivity contribution in [1.82, 2.24) is 5.32 Å². The Morgan fingerprint density at radius 3 is 2.76 bits per heavy atom. The highest BCUT2D eigenvalue weighted by Gasteiger charge is 2.07. The van der Waals surface area contributed by atoms with Gasteiger partial charge in [0.15, 0.2) is 0 Å². The summed E-state index contributed by atoms with van der Waals surface area (Å²) in [5.74, 6) is 0.563. The van der Waals surface area contributed by atoms with Crippen LogP contribution in [0.5, 0.6) is 5.75 Å². The number of hydrogen-bond acceptors (Lipinski definition) is 2. The first-order valence-corrected chi connectivity index (χ1v) is 6.80. The lowest BCUT2D eigenvalue weighted by Gasteiger charge is -2.05. The summed E-state index contributed by atoms with van der Waals surface area (Å²) in [5, 5.41) is 12.2. The van der Waals surface area contributed by atoms with Crippen molar-refractivity contribution in [3.63, 3.8) is 0 Å². The van der Waals surface area contributed by atoms with Crippen molar-refractivity contribution in [2.24, 2.45) is 0 Å². The fraction of sp³-hybridized carbons (Fsp3) is 0.417. The molecule has 5 heteroatoms. The number of phenols is 1. The number of benzene rings is 1. The summed E-state index contributed by atoms with van der Waals surface area (Å²) in [6.45, 7) is 0.631. The number of carbonyl (C=O) groups is 1. The molecule has 0 saturated carbocycles. The predicted octanol–water partition coefficient (Wildman–Crippen LogP) is 3.29. The zero-order valence-corrected chi connectivity index (χ0v) is 11.7. The van der Waals surface area contributed by atoms with Gasteiger partial charge in [0.05, 0.1) is 4.47 Å². The molecule has 0 atom stereocenters. The maximum Gasteiger partial charge on any atom is 0.251 e. The summed E-state index contributed by atoms with van der Waals surface area (Å²) >= 11 is 8.72. The van der Waals surface area contributed by atoms with Crippen LogP contribution in [0.25, 0.3) is 0 Å². The normalized spacial score (nSPS) is 10.2. The Balaban J connectivity index is 2.39. The quantitative estimate of drug-likeness (QED) is 0.624. The van der Waals surface area contributed by atoms with E-state index in [1.807, 2.05) is 0 Å². The highest BCUT2D eigenvalue weighted by Crippen LogP contribution is 2.24. The minimum Gasteiger partial charge on any atom is -0.507 e. The third-order valence-electron chi connectivity index (χ3n) is 2.30. The van der Waals surface area contributed by atoms with E-state index in [1.54, 1.807) is 12.1 Å². The maximum atomic E-state index is 11.7. The monoisotopic (exact) mass is 319 g/mol. The van der Waals surface area contributed by atoms with Crippen LogP contribution in [-0.2, 0) is 0 Å². The lowest BCUT2D eigenvalue weighted by atomic mass is 10.2. The number of halogens is 2. The molecule has 3 nitrogen and oxygen atoms in total. The summed E-state index contributed by atoms with van der Waals surface area (Å²) in [5.41, 5.74) is 0.461. The zero-order chi connectivity index (χ0) is 12.7. The van der Waals surface area contributed by atoms with Gasteiger partial charge in [0.25, 0.3) is 5.91 Å². The molecule has 1 aromatic rings. The minimum absolute atomic E-state index is 0.0693. The molecule has 1 rings (SSSR count). The topological polar surface area (TPSA) is 49.3 Å². The lowest BCUT2D eigenvalue weighted by Crippen LogP contribution is -2.24. The molecule has 0 bridgehead atoms. The van der Waals surface area contributed by atoms with Crippen molar-refractivity contribution < 1.29 is 9.90 Å². The molecule has 1 amide bonds. The van der Waals surface area contributed by atoms with E-state index in [-0.39, 0.29) is 11.7 Å². The van der Waals surface area contributed by atoms with E-state index in [4.69, 9.17) is 11.6 Å². The van der Waals surface area contributed by atoms with Crippen LogP contribution < -0.4 is 5.32 Å². The molecule has 1 aromatic carbocycles. The molecule has 0 aliphatic rings. The zero-order valence-electron chi connectivity index (χ0n) is 9.38. The molecule has 0 fully saturated rings. The van der Waals surface area contributed by atoms with Gasteiger partial charge >= 0.3 is 0 Å². The Kier molecular flexibility index (Phi) is 6.37. The van der Waals surface area contributed by atoms with Crippen molar-refractivity contribution in [2.45, 2.75) is 19.3 Å². The summed E-state index contributed by atoms with van der Waals surface area (Å²) in [6.07, 6.45) is 2.90. The fourth-order valence-corrected chi connectivity index (χ4v) is 1.79. The third-order valence-corrected chi connectivity index (χ3v) is 3.24. The van der Waals surface area contributed by atoms with E-state index >= 15 is 0 Å². The SMILES string of the molecule is O=C(NCCCCCCl)c1ccc(Br)c(O)c1. The number of aromatic hydroxyl groups is 1. The number of amides is 1. The van der Waals surface area contributed by atoms with Gasteiger partial charge in [-0.15, -0.1) is 11.6 Å². The number of carbonyl (C=O) groups excluding carboxylic acids is 1.